The van der Waals surface area contributed by atoms with Crippen LogP contribution in [0.15, 0.2) is 18.2 Å². The van der Waals surface area contributed by atoms with Crippen LogP contribution < -0.4 is 5.46 Å². The van der Waals surface area contributed by atoms with Gasteiger partial charge in [-0.1, -0.05) is 81.5 Å². The Bertz CT molecular complexity index is 450. The first-order valence-electron chi connectivity index (χ1n) is 8.92. The van der Waals surface area contributed by atoms with Crippen LogP contribution in [-0.4, -0.2) is 19.8 Å². The van der Waals surface area contributed by atoms with Crippen LogP contribution in [0.1, 0.15) is 64.7 Å². The maximum atomic E-state index is 6.03. The van der Waals surface area contributed by atoms with Crippen LogP contribution in [0.2, 0.25) is 10.0 Å². The van der Waals surface area contributed by atoms with Crippen molar-refractivity contribution in [3.63, 3.8) is 0 Å². The van der Waals surface area contributed by atoms with Gasteiger partial charge in [-0.05, 0) is 30.1 Å². The van der Waals surface area contributed by atoms with Crippen LogP contribution in [0.3, 0.4) is 0 Å². The van der Waals surface area contributed by atoms with Crippen LogP contribution in [0.25, 0.3) is 0 Å². The Kier molecular flexibility index (Phi) is 8.82. The van der Waals surface area contributed by atoms with Crippen LogP contribution in [0.4, 0.5) is 0 Å². The highest BCUT2D eigenvalue weighted by molar-refractivity contribution is 6.62. The van der Waals surface area contributed by atoms with Crippen molar-refractivity contribution in [1.29, 1.82) is 0 Å². The highest BCUT2D eigenvalue weighted by Crippen LogP contribution is 2.19. The summed E-state index contributed by atoms with van der Waals surface area (Å²) in [7, 11) is -0.328. The fraction of sp³-hybridized carbons (Fsp3) is 0.667. The van der Waals surface area contributed by atoms with E-state index in [1.54, 1.807) is 6.07 Å². The Balaban J connectivity index is 1.60. The van der Waals surface area contributed by atoms with E-state index in [-0.39, 0.29) is 13.2 Å². The molecule has 1 unspecified atom stereocenters. The SMILES string of the molecule is CCCCCCCCCCC1COB(c2cc(Cl)cc(Cl)c2)O1. The van der Waals surface area contributed by atoms with Crippen LogP contribution >= 0.6 is 23.2 Å². The van der Waals surface area contributed by atoms with Crippen molar-refractivity contribution in [3.05, 3.63) is 28.2 Å². The van der Waals surface area contributed by atoms with Gasteiger partial charge in [0.15, 0.2) is 0 Å². The summed E-state index contributed by atoms with van der Waals surface area (Å²) in [5.41, 5.74) is 0.904. The van der Waals surface area contributed by atoms with E-state index in [2.05, 4.69) is 6.92 Å². The molecular formula is C18H27BCl2O2. The second-order valence-corrected chi connectivity index (χ2v) is 7.26. The zero-order chi connectivity index (χ0) is 16.5. The Morgan fingerprint density at radius 2 is 1.57 bits per heavy atom. The number of halogens is 2. The zero-order valence-electron chi connectivity index (χ0n) is 14.0. The van der Waals surface area contributed by atoms with Crippen molar-refractivity contribution < 1.29 is 9.31 Å². The van der Waals surface area contributed by atoms with E-state index in [0.29, 0.717) is 16.7 Å². The molecule has 0 aliphatic carbocycles. The van der Waals surface area contributed by atoms with E-state index >= 15 is 0 Å². The lowest BCUT2D eigenvalue weighted by atomic mass is 9.79. The third-order valence-electron chi connectivity index (χ3n) is 4.29. The molecule has 1 aromatic carbocycles. The van der Waals surface area contributed by atoms with Crippen molar-refractivity contribution in [1.82, 2.24) is 0 Å². The fourth-order valence-corrected chi connectivity index (χ4v) is 3.53. The van der Waals surface area contributed by atoms with E-state index in [0.717, 1.165) is 11.9 Å². The maximum absolute atomic E-state index is 6.03. The predicted molar refractivity (Wildman–Crippen MR) is 99.9 cm³/mol. The van der Waals surface area contributed by atoms with Crippen LogP contribution in [0.5, 0.6) is 0 Å². The molecule has 0 spiro atoms. The smallest absolute Gasteiger partial charge is 0.405 e. The molecule has 1 aliphatic heterocycles. The molecule has 1 aromatic rings. The minimum Gasteiger partial charge on any atom is -0.405 e. The molecule has 0 aromatic heterocycles. The fourth-order valence-electron chi connectivity index (χ4n) is 2.99. The third kappa shape index (κ3) is 7.05. The number of rotatable bonds is 10. The van der Waals surface area contributed by atoms with Crippen molar-refractivity contribution >= 4 is 35.8 Å². The molecule has 0 radical (unpaired) electrons. The number of unbranched alkanes of at least 4 members (excludes halogenated alkanes) is 7. The van der Waals surface area contributed by atoms with E-state index < -0.39 is 0 Å². The highest BCUT2D eigenvalue weighted by atomic mass is 35.5. The van der Waals surface area contributed by atoms with Crippen molar-refractivity contribution in [2.75, 3.05) is 6.61 Å². The largest absolute Gasteiger partial charge is 0.494 e. The van der Waals surface area contributed by atoms with Gasteiger partial charge in [0.05, 0.1) is 12.7 Å². The molecule has 0 saturated carbocycles. The summed E-state index contributed by atoms with van der Waals surface area (Å²) in [6.07, 6.45) is 11.9. The average molecular weight is 357 g/mol. The Labute approximate surface area is 151 Å². The molecule has 23 heavy (non-hydrogen) atoms. The normalized spacial score (nSPS) is 17.9. The van der Waals surface area contributed by atoms with E-state index in [1.807, 2.05) is 12.1 Å². The highest BCUT2D eigenvalue weighted by Gasteiger charge is 2.33. The Morgan fingerprint density at radius 1 is 0.957 bits per heavy atom. The van der Waals surface area contributed by atoms with Gasteiger partial charge < -0.3 is 9.31 Å². The molecule has 2 nitrogen and oxygen atoms in total. The van der Waals surface area contributed by atoms with Gasteiger partial charge in [-0.3, -0.25) is 0 Å². The first kappa shape index (κ1) is 19.1. The molecule has 5 heteroatoms. The Hall–Kier alpha value is -0.215. The summed E-state index contributed by atoms with van der Waals surface area (Å²) in [6.45, 7) is 2.92. The molecule has 0 bridgehead atoms. The molecule has 1 fully saturated rings. The van der Waals surface area contributed by atoms with Gasteiger partial charge in [-0.2, -0.15) is 0 Å². The van der Waals surface area contributed by atoms with E-state index in [9.17, 15) is 0 Å². The number of hydrogen-bond donors (Lipinski definition) is 0. The van der Waals surface area contributed by atoms with Gasteiger partial charge in [-0.15, -0.1) is 0 Å². The first-order valence-corrected chi connectivity index (χ1v) is 9.67. The van der Waals surface area contributed by atoms with Gasteiger partial charge in [0.1, 0.15) is 0 Å². The molecule has 0 amide bonds. The predicted octanol–water partition coefficient (Wildman–Crippen LogP) is 5.63. The molecule has 2 rings (SSSR count). The van der Waals surface area contributed by atoms with Gasteiger partial charge in [-0.25, -0.2) is 0 Å². The van der Waals surface area contributed by atoms with Crippen LogP contribution in [-0.2, 0) is 9.31 Å². The molecule has 1 atom stereocenters. The topological polar surface area (TPSA) is 18.5 Å². The zero-order valence-corrected chi connectivity index (χ0v) is 15.5. The van der Waals surface area contributed by atoms with Crippen LogP contribution in [0, 0.1) is 0 Å². The second-order valence-electron chi connectivity index (χ2n) is 6.39. The first-order chi connectivity index (χ1) is 11.2. The summed E-state index contributed by atoms with van der Waals surface area (Å²) >= 11 is 12.1. The minimum absolute atomic E-state index is 0.192. The van der Waals surface area contributed by atoms with Gasteiger partial charge in [0.2, 0.25) is 0 Å². The van der Waals surface area contributed by atoms with Gasteiger partial charge >= 0.3 is 7.12 Å². The molecule has 1 heterocycles. The van der Waals surface area contributed by atoms with E-state index in [4.69, 9.17) is 32.5 Å². The summed E-state index contributed by atoms with van der Waals surface area (Å²) in [5.74, 6) is 0. The molecule has 1 aliphatic rings. The monoisotopic (exact) mass is 356 g/mol. The summed E-state index contributed by atoms with van der Waals surface area (Å²) in [6, 6.07) is 5.44. The Morgan fingerprint density at radius 3 is 2.22 bits per heavy atom. The third-order valence-corrected chi connectivity index (χ3v) is 4.72. The molecule has 1 saturated heterocycles. The number of benzene rings is 1. The van der Waals surface area contributed by atoms with Crippen molar-refractivity contribution in [2.45, 2.75) is 70.8 Å². The average Bonchev–Trinajstić information content (AvgIpc) is 2.98. The lowest BCUT2D eigenvalue weighted by Gasteiger charge is -2.10. The summed E-state index contributed by atoms with van der Waals surface area (Å²) < 4.78 is 11.7. The summed E-state index contributed by atoms with van der Waals surface area (Å²) in [4.78, 5) is 0. The minimum atomic E-state index is -0.328. The van der Waals surface area contributed by atoms with Crippen molar-refractivity contribution in [3.8, 4) is 0 Å². The quantitative estimate of drug-likeness (QED) is 0.399. The molecule has 0 N–H and O–H groups in total. The lowest BCUT2D eigenvalue weighted by Crippen LogP contribution is -2.32. The van der Waals surface area contributed by atoms with Gasteiger partial charge in [0.25, 0.3) is 0 Å². The molecular weight excluding hydrogens is 330 g/mol. The maximum Gasteiger partial charge on any atom is 0.494 e. The second kappa shape index (κ2) is 10.6. The standard InChI is InChI=1S/C18H27BCl2O2/c1-2-3-4-5-6-7-8-9-10-18-14-22-19(23-18)15-11-16(20)13-17(21)12-15/h11-13,18H,2-10,14H2,1H3. The van der Waals surface area contributed by atoms with E-state index in [1.165, 1.54) is 51.4 Å². The van der Waals surface area contributed by atoms with Gasteiger partial charge in [0, 0.05) is 10.0 Å². The van der Waals surface area contributed by atoms with Crippen molar-refractivity contribution in [2.24, 2.45) is 0 Å². The summed E-state index contributed by atoms with van der Waals surface area (Å²) in [5, 5.41) is 1.23. The lowest BCUT2D eigenvalue weighted by molar-refractivity contribution is 0.217. The molecule has 128 valence electrons. The number of hydrogen-bond acceptors (Lipinski definition) is 2.